The van der Waals surface area contributed by atoms with Crippen LogP contribution in [0.15, 0.2) is 75.9 Å². The number of hydrogen-bond donors (Lipinski definition) is 1. The molecule has 0 bridgehead atoms. The number of amides is 1. The molecule has 0 fully saturated rings. The molecule has 7 heteroatoms. The first-order valence-corrected chi connectivity index (χ1v) is 10.9. The number of rotatable bonds is 5. The van der Waals surface area contributed by atoms with Crippen LogP contribution < -0.4 is 10.2 Å². The summed E-state index contributed by atoms with van der Waals surface area (Å²) in [5.74, 6) is -0.127. The number of aromatic hydroxyl groups is 1. The number of fused-ring (bicyclic) bond motifs is 2. The maximum atomic E-state index is 13.5. The van der Waals surface area contributed by atoms with Crippen LogP contribution in [-0.4, -0.2) is 22.5 Å². The first-order chi connectivity index (χ1) is 16.0. The molecular formula is C26H20ClNO5. The van der Waals surface area contributed by atoms with Gasteiger partial charge in [-0.25, -0.2) is 0 Å². The van der Waals surface area contributed by atoms with Crippen molar-refractivity contribution < 1.29 is 19.1 Å². The fourth-order valence-corrected chi connectivity index (χ4v) is 4.45. The fourth-order valence-electron chi connectivity index (χ4n) is 4.26. The zero-order chi connectivity index (χ0) is 23.1. The Morgan fingerprint density at radius 3 is 2.61 bits per heavy atom. The SMILES string of the molecule is CCOc1cc([C@@H]2c3c(oc4ccccc4c3=O)C(=O)N2Cc2ccccc2Cl)ccc1O. The molecule has 33 heavy (non-hydrogen) atoms. The second-order valence-corrected chi connectivity index (χ2v) is 8.16. The third kappa shape index (κ3) is 3.52. The van der Waals surface area contributed by atoms with Gasteiger partial charge >= 0.3 is 0 Å². The van der Waals surface area contributed by atoms with Crippen molar-refractivity contribution in [2.24, 2.45) is 0 Å². The second kappa shape index (κ2) is 8.30. The van der Waals surface area contributed by atoms with E-state index in [1.807, 2.05) is 25.1 Å². The lowest BCUT2D eigenvalue weighted by molar-refractivity contribution is 0.0714. The standard InChI is InChI=1S/C26H20ClNO5/c1-2-32-21-13-15(11-12-19(21)29)23-22-24(30)17-8-4-6-10-20(17)33-25(22)26(31)28(23)14-16-7-3-5-9-18(16)27/h3-13,23,29H,2,14H2,1H3/t23-/m1/s1. The van der Waals surface area contributed by atoms with Crippen molar-refractivity contribution in [1.82, 2.24) is 4.90 Å². The van der Waals surface area contributed by atoms with Gasteiger partial charge in [0.2, 0.25) is 5.76 Å². The van der Waals surface area contributed by atoms with Gasteiger partial charge < -0.3 is 19.2 Å². The fraction of sp³-hybridized carbons (Fsp3) is 0.154. The average molecular weight is 462 g/mol. The van der Waals surface area contributed by atoms with Crippen molar-refractivity contribution >= 4 is 28.5 Å². The van der Waals surface area contributed by atoms with E-state index in [1.54, 1.807) is 47.4 Å². The van der Waals surface area contributed by atoms with Crippen molar-refractivity contribution in [3.63, 3.8) is 0 Å². The molecule has 1 amide bonds. The Labute approximate surface area is 194 Å². The van der Waals surface area contributed by atoms with Crippen molar-refractivity contribution in [3.8, 4) is 11.5 Å². The number of carbonyl (C=O) groups is 1. The minimum Gasteiger partial charge on any atom is -0.504 e. The van der Waals surface area contributed by atoms with Crippen LogP contribution in [0, 0.1) is 0 Å². The minimum atomic E-state index is -0.732. The van der Waals surface area contributed by atoms with Gasteiger partial charge in [0.15, 0.2) is 16.9 Å². The van der Waals surface area contributed by atoms with Gasteiger partial charge in [-0.15, -0.1) is 0 Å². The van der Waals surface area contributed by atoms with E-state index in [0.717, 1.165) is 5.56 Å². The summed E-state index contributed by atoms with van der Waals surface area (Å²) < 4.78 is 11.5. The third-order valence-corrected chi connectivity index (χ3v) is 6.14. The van der Waals surface area contributed by atoms with E-state index in [9.17, 15) is 14.7 Å². The molecule has 1 atom stereocenters. The number of nitrogens with zero attached hydrogens (tertiary/aromatic N) is 1. The molecule has 0 saturated heterocycles. The average Bonchev–Trinajstić information content (AvgIpc) is 3.09. The highest BCUT2D eigenvalue weighted by molar-refractivity contribution is 6.31. The number of ether oxygens (including phenoxy) is 1. The summed E-state index contributed by atoms with van der Waals surface area (Å²) in [6.45, 7) is 2.34. The van der Waals surface area contributed by atoms with Crippen LogP contribution in [0.3, 0.4) is 0 Å². The van der Waals surface area contributed by atoms with E-state index in [0.29, 0.717) is 28.2 Å². The lowest BCUT2D eigenvalue weighted by atomic mass is 9.97. The summed E-state index contributed by atoms with van der Waals surface area (Å²) in [7, 11) is 0. The van der Waals surface area contributed by atoms with Crippen molar-refractivity contribution in [3.05, 3.63) is 104 Å². The molecule has 0 aliphatic carbocycles. The molecule has 1 aliphatic rings. The summed E-state index contributed by atoms with van der Waals surface area (Å²) >= 11 is 6.38. The van der Waals surface area contributed by atoms with Crippen molar-refractivity contribution in [2.45, 2.75) is 19.5 Å². The molecule has 2 heterocycles. The van der Waals surface area contributed by atoms with Gasteiger partial charge in [0.1, 0.15) is 5.58 Å². The highest BCUT2D eigenvalue weighted by Crippen LogP contribution is 2.41. The van der Waals surface area contributed by atoms with Crippen LogP contribution in [0.5, 0.6) is 11.5 Å². The largest absolute Gasteiger partial charge is 0.504 e. The molecule has 0 spiro atoms. The summed E-state index contributed by atoms with van der Waals surface area (Å²) in [4.78, 5) is 28.7. The van der Waals surface area contributed by atoms with E-state index in [2.05, 4.69) is 0 Å². The number of carbonyl (C=O) groups excluding carboxylic acids is 1. The molecule has 1 N–H and O–H groups in total. The number of phenols is 1. The zero-order valence-corrected chi connectivity index (χ0v) is 18.5. The monoisotopic (exact) mass is 461 g/mol. The summed E-state index contributed by atoms with van der Waals surface area (Å²) in [5.41, 5.74) is 1.72. The molecule has 1 aromatic heterocycles. The lowest BCUT2D eigenvalue weighted by Crippen LogP contribution is -2.29. The zero-order valence-electron chi connectivity index (χ0n) is 17.7. The van der Waals surface area contributed by atoms with Crippen molar-refractivity contribution in [1.29, 1.82) is 0 Å². The van der Waals surface area contributed by atoms with Gasteiger partial charge in [-0.1, -0.05) is 48.0 Å². The molecule has 0 radical (unpaired) electrons. The number of halogens is 1. The summed E-state index contributed by atoms with van der Waals surface area (Å²) in [6.07, 6.45) is 0. The molecule has 3 aromatic carbocycles. The smallest absolute Gasteiger partial charge is 0.291 e. The maximum absolute atomic E-state index is 13.5. The van der Waals surface area contributed by atoms with Crippen LogP contribution in [0.25, 0.3) is 11.0 Å². The molecular weight excluding hydrogens is 442 g/mol. The third-order valence-electron chi connectivity index (χ3n) is 5.77. The van der Waals surface area contributed by atoms with E-state index < -0.39 is 11.9 Å². The summed E-state index contributed by atoms with van der Waals surface area (Å²) in [5, 5.41) is 11.1. The van der Waals surface area contributed by atoms with Gasteiger partial charge in [0.05, 0.1) is 23.6 Å². The Morgan fingerprint density at radius 1 is 1.06 bits per heavy atom. The van der Waals surface area contributed by atoms with Gasteiger partial charge in [-0.3, -0.25) is 9.59 Å². The van der Waals surface area contributed by atoms with E-state index in [4.69, 9.17) is 20.8 Å². The van der Waals surface area contributed by atoms with Crippen LogP contribution >= 0.6 is 11.6 Å². The first kappa shape index (κ1) is 21.1. The molecule has 0 unspecified atom stereocenters. The topological polar surface area (TPSA) is 80.0 Å². The van der Waals surface area contributed by atoms with Crippen LogP contribution in [0.2, 0.25) is 5.02 Å². The quantitative estimate of drug-likeness (QED) is 0.436. The Kier molecular flexibility index (Phi) is 5.30. The van der Waals surface area contributed by atoms with Gasteiger partial charge in [0.25, 0.3) is 5.91 Å². The molecule has 5 rings (SSSR count). The van der Waals surface area contributed by atoms with Crippen LogP contribution in [0.1, 0.15) is 40.2 Å². The predicted molar refractivity (Wildman–Crippen MR) is 125 cm³/mol. The predicted octanol–water partition coefficient (Wildman–Crippen LogP) is 5.30. The van der Waals surface area contributed by atoms with E-state index in [1.165, 1.54) is 6.07 Å². The highest BCUT2D eigenvalue weighted by Gasteiger charge is 2.43. The Balaban J connectivity index is 1.73. The van der Waals surface area contributed by atoms with Gasteiger partial charge in [0, 0.05) is 11.6 Å². The number of benzene rings is 3. The number of para-hydroxylation sites is 1. The number of phenolic OH excluding ortho intramolecular Hbond substituents is 1. The normalized spacial score (nSPS) is 15.2. The molecule has 166 valence electrons. The molecule has 0 saturated carbocycles. The first-order valence-electron chi connectivity index (χ1n) is 10.6. The highest BCUT2D eigenvalue weighted by atomic mass is 35.5. The minimum absolute atomic E-state index is 0.0155. The van der Waals surface area contributed by atoms with Gasteiger partial charge in [-0.05, 0) is 48.4 Å². The van der Waals surface area contributed by atoms with E-state index >= 15 is 0 Å². The Hall–Kier alpha value is -3.77. The molecule has 6 nitrogen and oxygen atoms in total. The molecule has 1 aliphatic heterocycles. The second-order valence-electron chi connectivity index (χ2n) is 7.76. The molecule has 4 aromatic rings. The Bertz CT molecular complexity index is 1440. The number of hydrogen-bond acceptors (Lipinski definition) is 5. The van der Waals surface area contributed by atoms with E-state index in [-0.39, 0.29) is 34.8 Å². The maximum Gasteiger partial charge on any atom is 0.291 e. The van der Waals surface area contributed by atoms with Crippen LogP contribution in [-0.2, 0) is 6.54 Å². The summed E-state index contributed by atoms with van der Waals surface area (Å²) in [6, 6.07) is 18.2. The van der Waals surface area contributed by atoms with Gasteiger partial charge in [-0.2, -0.15) is 0 Å². The lowest BCUT2D eigenvalue weighted by Gasteiger charge is -2.26. The van der Waals surface area contributed by atoms with Crippen LogP contribution in [0.4, 0.5) is 0 Å². The Morgan fingerprint density at radius 2 is 1.82 bits per heavy atom. The van der Waals surface area contributed by atoms with Crippen molar-refractivity contribution in [2.75, 3.05) is 6.61 Å².